The van der Waals surface area contributed by atoms with Crippen molar-refractivity contribution in [3.05, 3.63) is 17.1 Å². The Kier molecular flexibility index (Phi) is 4.02. The van der Waals surface area contributed by atoms with Gasteiger partial charge in [0, 0.05) is 6.08 Å². The van der Waals surface area contributed by atoms with E-state index in [4.69, 9.17) is 5.26 Å². The lowest BCUT2D eigenvalue weighted by molar-refractivity contribution is 1.23. The molecule has 0 N–H and O–H groups in total. The summed E-state index contributed by atoms with van der Waals surface area (Å²) < 4.78 is 0. The zero-order valence-electron chi connectivity index (χ0n) is 3.66. The highest BCUT2D eigenvalue weighted by Gasteiger charge is 1.66. The van der Waals surface area contributed by atoms with Gasteiger partial charge in [0.05, 0.1) is 6.07 Å². The van der Waals surface area contributed by atoms with Crippen LogP contribution in [0.5, 0.6) is 0 Å². The third-order valence-corrected chi connectivity index (χ3v) is 0.372. The molecule has 0 rings (SSSR count). The number of hydrogen-bond acceptors (Lipinski definition) is 3. The predicted molar refractivity (Wildman–Crippen MR) is 25.4 cm³/mol. The van der Waals surface area contributed by atoms with Crippen LogP contribution in [0.3, 0.4) is 0 Å². The average molecular weight is 96.1 g/mol. The second-order valence-corrected chi connectivity index (χ2v) is 0.843. The van der Waals surface area contributed by atoms with E-state index in [1.165, 1.54) is 12.2 Å². The van der Waals surface area contributed by atoms with Crippen LogP contribution in [0.2, 0.25) is 0 Å². The number of rotatable bonds is 2. The van der Waals surface area contributed by atoms with Gasteiger partial charge in [-0.1, -0.05) is 5.18 Å². The van der Waals surface area contributed by atoms with E-state index in [0.717, 1.165) is 0 Å². The molecular weight excluding hydrogens is 92.1 g/mol. The third kappa shape index (κ3) is 4.83. The van der Waals surface area contributed by atoms with Crippen LogP contribution in [0, 0.1) is 16.2 Å². The molecule has 0 aromatic heterocycles. The molecular formula is C4H4N2O. The van der Waals surface area contributed by atoms with Gasteiger partial charge in [0.2, 0.25) is 0 Å². The summed E-state index contributed by atoms with van der Waals surface area (Å²) in [5.74, 6) is 0. The third-order valence-electron chi connectivity index (χ3n) is 0.372. The van der Waals surface area contributed by atoms with Gasteiger partial charge < -0.3 is 0 Å². The van der Waals surface area contributed by atoms with E-state index < -0.39 is 0 Å². The smallest absolute Gasteiger partial charge is 0.100 e. The second-order valence-electron chi connectivity index (χ2n) is 0.843. The topological polar surface area (TPSA) is 53.2 Å². The summed E-state index contributed by atoms with van der Waals surface area (Å²) in [6.45, 7) is 0.0908. The number of nitrogens with zero attached hydrogens (tertiary/aromatic N) is 2. The van der Waals surface area contributed by atoms with Gasteiger partial charge in [0.15, 0.2) is 0 Å². The van der Waals surface area contributed by atoms with Gasteiger partial charge in [-0.15, -0.1) is 0 Å². The molecule has 0 aromatic carbocycles. The highest BCUT2D eigenvalue weighted by atomic mass is 16.3. The summed E-state index contributed by atoms with van der Waals surface area (Å²) in [4.78, 5) is 9.27. The zero-order valence-corrected chi connectivity index (χ0v) is 3.66. The highest BCUT2D eigenvalue weighted by Crippen LogP contribution is 1.69. The maximum Gasteiger partial charge on any atom is 0.100 e. The first-order valence-corrected chi connectivity index (χ1v) is 1.75. The van der Waals surface area contributed by atoms with Gasteiger partial charge in [0.1, 0.15) is 6.54 Å². The monoisotopic (exact) mass is 96.0 g/mol. The first-order chi connectivity index (χ1) is 3.41. The van der Waals surface area contributed by atoms with Crippen molar-refractivity contribution < 1.29 is 0 Å². The lowest BCUT2D eigenvalue weighted by atomic mass is 10.5. The minimum absolute atomic E-state index is 0.0908. The standard InChI is InChI=1S/C4H4N2O/c5-3-1-2-4-6-7/h1-2H,4H2. The fourth-order valence-electron chi connectivity index (χ4n) is 0.148. The Balaban J connectivity index is 3.14. The van der Waals surface area contributed by atoms with E-state index in [2.05, 4.69) is 5.18 Å². The lowest BCUT2D eigenvalue weighted by Gasteiger charge is -1.64. The van der Waals surface area contributed by atoms with Crippen molar-refractivity contribution in [2.24, 2.45) is 5.18 Å². The van der Waals surface area contributed by atoms with Crippen LogP contribution in [0.4, 0.5) is 0 Å². The summed E-state index contributed by atoms with van der Waals surface area (Å²) in [6.07, 6.45) is 2.62. The van der Waals surface area contributed by atoms with Crippen LogP contribution in [-0.2, 0) is 0 Å². The predicted octanol–water partition coefficient (Wildman–Crippen LogP) is 0.833. The van der Waals surface area contributed by atoms with Gasteiger partial charge in [-0.3, -0.25) is 0 Å². The quantitative estimate of drug-likeness (QED) is 0.377. The van der Waals surface area contributed by atoms with E-state index in [-0.39, 0.29) is 6.54 Å². The summed E-state index contributed by atoms with van der Waals surface area (Å²) in [5, 5.41) is 10.3. The average Bonchev–Trinajstić information content (AvgIpc) is 1.69. The van der Waals surface area contributed by atoms with E-state index in [9.17, 15) is 4.91 Å². The van der Waals surface area contributed by atoms with Crippen LogP contribution in [0.15, 0.2) is 17.3 Å². The molecule has 0 heterocycles. The van der Waals surface area contributed by atoms with Crippen molar-refractivity contribution in [3.63, 3.8) is 0 Å². The van der Waals surface area contributed by atoms with E-state index in [1.54, 1.807) is 6.07 Å². The normalized spacial score (nSPS) is 8.43. The van der Waals surface area contributed by atoms with Crippen molar-refractivity contribution in [1.29, 1.82) is 5.26 Å². The van der Waals surface area contributed by atoms with Crippen molar-refractivity contribution in [2.45, 2.75) is 0 Å². The Labute approximate surface area is 41.2 Å². The van der Waals surface area contributed by atoms with E-state index in [1.807, 2.05) is 0 Å². The summed E-state index contributed by atoms with van der Waals surface area (Å²) in [6, 6.07) is 1.72. The van der Waals surface area contributed by atoms with Gasteiger partial charge in [-0.25, -0.2) is 0 Å². The van der Waals surface area contributed by atoms with E-state index >= 15 is 0 Å². The van der Waals surface area contributed by atoms with Crippen molar-refractivity contribution in [1.82, 2.24) is 0 Å². The summed E-state index contributed by atoms with van der Waals surface area (Å²) in [5.41, 5.74) is 0. The molecule has 0 atom stereocenters. The molecule has 0 saturated heterocycles. The molecule has 3 nitrogen and oxygen atoms in total. The second kappa shape index (κ2) is 4.83. The van der Waals surface area contributed by atoms with E-state index in [0.29, 0.717) is 0 Å². The van der Waals surface area contributed by atoms with Crippen LogP contribution < -0.4 is 0 Å². The molecule has 0 spiro atoms. The molecule has 0 fully saturated rings. The molecule has 0 radical (unpaired) electrons. The van der Waals surface area contributed by atoms with Crippen LogP contribution in [-0.4, -0.2) is 6.54 Å². The lowest BCUT2D eigenvalue weighted by Crippen LogP contribution is -1.62. The Morgan fingerprint density at radius 2 is 2.57 bits per heavy atom. The Hall–Kier alpha value is -1.17. The molecule has 7 heavy (non-hydrogen) atoms. The van der Waals surface area contributed by atoms with Crippen LogP contribution in [0.25, 0.3) is 0 Å². The van der Waals surface area contributed by atoms with Crippen molar-refractivity contribution in [2.75, 3.05) is 6.54 Å². The zero-order chi connectivity index (χ0) is 5.54. The van der Waals surface area contributed by atoms with Gasteiger partial charge in [-0.05, 0) is 6.08 Å². The molecule has 0 saturated carbocycles. The minimum Gasteiger partial charge on any atom is -0.193 e. The molecule has 0 aromatic rings. The highest BCUT2D eigenvalue weighted by molar-refractivity contribution is 5.02. The van der Waals surface area contributed by atoms with Crippen molar-refractivity contribution in [3.8, 4) is 6.07 Å². The van der Waals surface area contributed by atoms with Gasteiger partial charge in [-0.2, -0.15) is 10.2 Å². The molecule has 0 aliphatic carbocycles. The Morgan fingerprint density at radius 3 is 3.00 bits per heavy atom. The molecule has 3 heteroatoms. The Morgan fingerprint density at radius 1 is 1.86 bits per heavy atom. The summed E-state index contributed by atoms with van der Waals surface area (Å²) in [7, 11) is 0. The van der Waals surface area contributed by atoms with Crippen LogP contribution in [0.1, 0.15) is 0 Å². The number of nitriles is 1. The molecule has 0 aliphatic heterocycles. The fourth-order valence-corrected chi connectivity index (χ4v) is 0.148. The molecule has 0 aliphatic rings. The molecule has 0 unspecified atom stereocenters. The molecule has 0 bridgehead atoms. The van der Waals surface area contributed by atoms with Crippen molar-refractivity contribution >= 4 is 0 Å². The molecule has 36 valence electrons. The fraction of sp³-hybridized carbons (Fsp3) is 0.250. The van der Waals surface area contributed by atoms with Gasteiger partial charge in [0.25, 0.3) is 0 Å². The van der Waals surface area contributed by atoms with Gasteiger partial charge >= 0.3 is 0 Å². The summed E-state index contributed by atoms with van der Waals surface area (Å²) >= 11 is 0. The number of allylic oxidation sites excluding steroid dienone is 1. The number of hydrogen-bond donors (Lipinski definition) is 0. The minimum atomic E-state index is 0.0908. The SMILES string of the molecule is N#CC=CCN=O. The first-order valence-electron chi connectivity index (χ1n) is 1.75. The maximum atomic E-state index is 9.27. The largest absolute Gasteiger partial charge is 0.193 e. The Bertz CT molecular complexity index is 111. The maximum absolute atomic E-state index is 9.27. The van der Waals surface area contributed by atoms with Crippen LogP contribution >= 0.6 is 0 Å². The first kappa shape index (κ1) is 5.83. The molecule has 0 amide bonds. The number of nitroso groups, excluding NO2 is 1.